The summed E-state index contributed by atoms with van der Waals surface area (Å²) in [5.74, 6) is 0. The molecule has 0 saturated carbocycles. The lowest BCUT2D eigenvalue weighted by Crippen LogP contribution is -2.12. The number of hydrogen-bond donors (Lipinski definition) is 1. The van der Waals surface area contributed by atoms with Crippen LogP contribution in [0, 0.1) is 0 Å². The van der Waals surface area contributed by atoms with Crippen molar-refractivity contribution in [3.05, 3.63) is 47.6 Å². The summed E-state index contributed by atoms with van der Waals surface area (Å²) < 4.78 is 40.1. The van der Waals surface area contributed by atoms with Crippen LogP contribution in [-0.4, -0.2) is 22.6 Å². The zero-order chi connectivity index (χ0) is 18.7. The second-order valence-electron chi connectivity index (χ2n) is 5.11. The van der Waals surface area contributed by atoms with E-state index in [9.17, 15) is 18.0 Å². The zero-order valence-corrected chi connectivity index (χ0v) is 14.9. The van der Waals surface area contributed by atoms with Gasteiger partial charge < -0.3 is 5.32 Å². The number of hydrogen-bond acceptors (Lipinski definition) is 5. The number of nitrogens with one attached hydrogen (secondary N) is 1. The third-order valence-corrected chi connectivity index (χ3v) is 5.15. The second kappa shape index (κ2) is 7.46. The van der Waals surface area contributed by atoms with Crippen molar-refractivity contribution in [3.63, 3.8) is 0 Å². The molecule has 0 aliphatic heterocycles. The summed E-state index contributed by atoms with van der Waals surface area (Å²) in [7, 11) is 0. The van der Waals surface area contributed by atoms with E-state index in [1.54, 1.807) is 30.1 Å². The number of halogens is 3. The van der Waals surface area contributed by atoms with Crippen molar-refractivity contribution in [2.75, 3.05) is 11.6 Å². The Morgan fingerprint density at radius 1 is 1.27 bits per heavy atom. The monoisotopic (exact) mass is 394 g/mol. The smallest absolute Gasteiger partial charge is 0.317 e. The largest absolute Gasteiger partial charge is 0.419 e. The van der Waals surface area contributed by atoms with Gasteiger partial charge in [0.15, 0.2) is 0 Å². The topological polar surface area (TPSA) is 54.9 Å². The first-order valence-electron chi connectivity index (χ1n) is 7.22. The van der Waals surface area contributed by atoms with Crippen molar-refractivity contribution in [2.24, 2.45) is 0 Å². The van der Waals surface area contributed by atoms with Gasteiger partial charge in [0, 0.05) is 33.8 Å². The van der Waals surface area contributed by atoms with Crippen LogP contribution in [0.2, 0.25) is 0 Å². The normalized spacial score (nSPS) is 11.4. The molecule has 0 bridgehead atoms. The number of thioether (sulfide) groups is 1. The molecular formula is C17H11F3N3OS2. The molecule has 0 aliphatic rings. The number of anilines is 1. The number of carbonyl (C=O) groups excluding carboxylic acids is 1. The molecule has 1 amide bonds. The molecule has 3 aromatic rings. The van der Waals surface area contributed by atoms with Crippen LogP contribution in [0.4, 0.5) is 18.9 Å². The van der Waals surface area contributed by atoms with Crippen LogP contribution < -0.4 is 5.32 Å². The Morgan fingerprint density at radius 3 is 2.69 bits per heavy atom. The van der Waals surface area contributed by atoms with Gasteiger partial charge in [0.1, 0.15) is 5.01 Å². The molecule has 3 rings (SSSR count). The Morgan fingerprint density at radius 2 is 2.08 bits per heavy atom. The summed E-state index contributed by atoms with van der Waals surface area (Å²) in [6, 6.07) is 6.31. The summed E-state index contributed by atoms with van der Waals surface area (Å²) in [6.07, 6.45) is 1.58. The lowest BCUT2D eigenvalue weighted by Gasteiger charge is -2.17. The molecule has 0 atom stereocenters. The number of alkyl halides is 3. The van der Waals surface area contributed by atoms with Gasteiger partial charge in [-0.2, -0.15) is 13.2 Å². The number of thiazole rings is 1. The van der Waals surface area contributed by atoms with E-state index in [-0.39, 0.29) is 10.6 Å². The standard InChI is InChI=1S/C17H11F3N3OS2/c1-25-14-6-11(5-12(22-9-24)15(14)17(18,19)20)13-8-26-16(23-13)10-3-2-4-21-7-10/h2-8H,1H3,(H,22,24). The lowest BCUT2D eigenvalue weighted by atomic mass is 10.1. The van der Waals surface area contributed by atoms with Crippen LogP contribution in [0.1, 0.15) is 5.56 Å². The molecule has 0 spiro atoms. The molecular weight excluding hydrogens is 383 g/mol. The summed E-state index contributed by atoms with van der Waals surface area (Å²) >= 11 is 2.31. The summed E-state index contributed by atoms with van der Waals surface area (Å²) in [4.78, 5) is 19.2. The number of rotatable bonds is 5. The van der Waals surface area contributed by atoms with Crippen LogP contribution >= 0.6 is 23.1 Å². The maximum Gasteiger partial charge on any atom is 0.419 e. The number of aromatic nitrogens is 2. The predicted octanol–water partition coefficient (Wildman–Crippen LogP) is 5.09. The molecule has 4 nitrogen and oxygen atoms in total. The SMILES string of the molecule is CSc1cc(-c2csc(-c3cccnc3)n2)cc(N[C]=O)c1C(F)(F)F. The highest BCUT2D eigenvalue weighted by Crippen LogP contribution is 2.43. The van der Waals surface area contributed by atoms with E-state index in [1.807, 2.05) is 11.4 Å². The van der Waals surface area contributed by atoms with Crippen molar-refractivity contribution < 1.29 is 18.0 Å². The average molecular weight is 394 g/mol. The second-order valence-corrected chi connectivity index (χ2v) is 6.81. The quantitative estimate of drug-likeness (QED) is 0.484. The van der Waals surface area contributed by atoms with E-state index in [1.165, 1.54) is 29.9 Å². The van der Waals surface area contributed by atoms with Gasteiger partial charge in [-0.25, -0.2) is 4.98 Å². The van der Waals surface area contributed by atoms with Crippen molar-refractivity contribution in [2.45, 2.75) is 11.1 Å². The van der Waals surface area contributed by atoms with Crippen molar-refractivity contribution in [1.29, 1.82) is 0 Å². The fourth-order valence-electron chi connectivity index (χ4n) is 2.40. The Kier molecular flexibility index (Phi) is 5.28. The molecule has 26 heavy (non-hydrogen) atoms. The summed E-state index contributed by atoms with van der Waals surface area (Å²) in [5, 5.41) is 4.49. The van der Waals surface area contributed by atoms with Gasteiger partial charge in [0.25, 0.3) is 0 Å². The molecule has 1 radical (unpaired) electrons. The van der Waals surface area contributed by atoms with Crippen molar-refractivity contribution in [3.8, 4) is 21.8 Å². The number of nitrogens with zero attached hydrogens (tertiary/aromatic N) is 2. The minimum atomic E-state index is -4.60. The van der Waals surface area contributed by atoms with E-state index in [4.69, 9.17) is 0 Å². The Labute approximate surface area is 155 Å². The van der Waals surface area contributed by atoms with Crippen LogP contribution in [-0.2, 0) is 11.0 Å². The third kappa shape index (κ3) is 3.73. The zero-order valence-electron chi connectivity index (χ0n) is 13.3. The number of benzene rings is 1. The first-order chi connectivity index (χ1) is 12.4. The maximum atomic E-state index is 13.4. The molecule has 0 unspecified atom stereocenters. The molecule has 2 heterocycles. The van der Waals surface area contributed by atoms with Crippen molar-refractivity contribution in [1.82, 2.24) is 9.97 Å². The molecule has 0 aliphatic carbocycles. The van der Waals surface area contributed by atoms with E-state index in [2.05, 4.69) is 9.97 Å². The molecule has 1 N–H and O–H groups in total. The molecule has 133 valence electrons. The van der Waals surface area contributed by atoms with E-state index < -0.39 is 11.7 Å². The fraction of sp³-hybridized carbons (Fsp3) is 0.118. The first kappa shape index (κ1) is 18.4. The van der Waals surface area contributed by atoms with Gasteiger partial charge in [-0.1, -0.05) is 0 Å². The summed E-state index contributed by atoms with van der Waals surface area (Å²) in [6.45, 7) is 0. The highest BCUT2D eigenvalue weighted by atomic mass is 32.2. The van der Waals surface area contributed by atoms with Crippen LogP contribution in [0.5, 0.6) is 0 Å². The molecule has 9 heteroatoms. The highest BCUT2D eigenvalue weighted by molar-refractivity contribution is 7.98. The van der Waals surface area contributed by atoms with Gasteiger partial charge >= 0.3 is 12.6 Å². The molecule has 0 saturated heterocycles. The minimum Gasteiger partial charge on any atom is -0.317 e. The molecule has 0 fully saturated rings. The average Bonchev–Trinajstić information content (AvgIpc) is 3.11. The van der Waals surface area contributed by atoms with E-state index in [0.29, 0.717) is 16.3 Å². The van der Waals surface area contributed by atoms with Gasteiger partial charge in [-0.05, 0) is 30.5 Å². The summed E-state index contributed by atoms with van der Waals surface area (Å²) in [5.41, 5.74) is 0.587. The van der Waals surface area contributed by atoms with E-state index in [0.717, 1.165) is 17.3 Å². The van der Waals surface area contributed by atoms with Crippen LogP contribution in [0.15, 0.2) is 46.9 Å². The van der Waals surface area contributed by atoms with E-state index >= 15 is 0 Å². The lowest BCUT2D eigenvalue weighted by molar-refractivity contribution is -0.139. The predicted molar refractivity (Wildman–Crippen MR) is 96.9 cm³/mol. The molecule has 1 aromatic carbocycles. The van der Waals surface area contributed by atoms with Crippen molar-refractivity contribution >= 4 is 35.2 Å². The third-order valence-electron chi connectivity index (χ3n) is 3.50. The number of pyridine rings is 1. The number of amides is 1. The Hall–Kier alpha value is -2.39. The molecule has 2 aromatic heterocycles. The van der Waals surface area contributed by atoms with Gasteiger partial charge in [0.2, 0.25) is 0 Å². The van der Waals surface area contributed by atoms with Gasteiger partial charge in [-0.15, -0.1) is 23.1 Å². The Bertz CT molecular complexity index is 927. The van der Waals surface area contributed by atoms with Crippen LogP contribution in [0.3, 0.4) is 0 Å². The highest BCUT2D eigenvalue weighted by Gasteiger charge is 2.37. The first-order valence-corrected chi connectivity index (χ1v) is 9.33. The fourth-order valence-corrected chi connectivity index (χ4v) is 3.89. The van der Waals surface area contributed by atoms with Gasteiger partial charge in [0.05, 0.1) is 16.9 Å². The minimum absolute atomic E-state index is 0.00341. The Balaban J connectivity index is 2.10. The van der Waals surface area contributed by atoms with Gasteiger partial charge in [-0.3, -0.25) is 9.78 Å². The maximum absolute atomic E-state index is 13.4. The van der Waals surface area contributed by atoms with Crippen LogP contribution in [0.25, 0.3) is 21.8 Å².